The van der Waals surface area contributed by atoms with Gasteiger partial charge in [0.2, 0.25) is 0 Å². The molecule has 9 heteroatoms. The van der Waals surface area contributed by atoms with Crippen LogP contribution in [0.2, 0.25) is 0 Å². The van der Waals surface area contributed by atoms with Crippen LogP contribution in [0.1, 0.15) is 11.1 Å². The molecule has 0 unspecified atom stereocenters. The number of hydrogen-bond donors (Lipinski definition) is 0. The van der Waals surface area contributed by atoms with Crippen LogP contribution in [0, 0.1) is 10.1 Å². The highest BCUT2D eigenvalue weighted by Crippen LogP contribution is 2.31. The molecule has 9 nitrogen and oxygen atoms in total. The molecule has 0 N–H and O–H groups in total. The van der Waals surface area contributed by atoms with Gasteiger partial charge in [-0.25, -0.2) is 4.68 Å². The molecule has 0 aliphatic carbocycles. The van der Waals surface area contributed by atoms with Gasteiger partial charge in [0.25, 0.3) is 5.69 Å². The highest BCUT2D eigenvalue weighted by molar-refractivity contribution is 5.85. The van der Waals surface area contributed by atoms with Crippen molar-refractivity contribution in [2.45, 2.75) is 6.61 Å². The molecule has 0 bridgehead atoms. The fourth-order valence-corrected chi connectivity index (χ4v) is 1.82. The van der Waals surface area contributed by atoms with Crippen molar-refractivity contribution >= 4 is 11.9 Å². The first-order valence-corrected chi connectivity index (χ1v) is 5.65. The van der Waals surface area contributed by atoms with Crippen LogP contribution in [-0.4, -0.2) is 32.8 Å². The summed E-state index contributed by atoms with van der Waals surface area (Å²) in [4.78, 5) is 10.5. The van der Waals surface area contributed by atoms with Crippen molar-refractivity contribution in [1.82, 2.24) is 14.9 Å². The van der Waals surface area contributed by atoms with E-state index in [-0.39, 0.29) is 19.1 Å². The number of nitrogens with zero attached hydrogens (tertiary/aromatic N) is 5. The van der Waals surface area contributed by atoms with Gasteiger partial charge in [-0.3, -0.25) is 10.1 Å². The van der Waals surface area contributed by atoms with Gasteiger partial charge in [-0.1, -0.05) is 0 Å². The van der Waals surface area contributed by atoms with Gasteiger partial charge in [-0.05, 0) is 0 Å². The first-order chi connectivity index (χ1) is 9.74. The Morgan fingerprint density at radius 2 is 2.20 bits per heavy atom. The topological polar surface area (TPSA) is 105 Å². The minimum absolute atomic E-state index is 0.0388. The fraction of sp³-hybridized carbons (Fsp3) is 0.182. The number of nitro groups is 1. The van der Waals surface area contributed by atoms with E-state index in [1.807, 2.05) is 0 Å². The molecule has 2 heterocycles. The van der Waals surface area contributed by atoms with E-state index in [9.17, 15) is 10.1 Å². The van der Waals surface area contributed by atoms with Gasteiger partial charge in [0, 0.05) is 23.3 Å². The second-order valence-electron chi connectivity index (χ2n) is 3.98. The summed E-state index contributed by atoms with van der Waals surface area (Å²) in [7, 11) is 0. The van der Waals surface area contributed by atoms with Crippen molar-refractivity contribution in [3.63, 3.8) is 0 Å². The van der Waals surface area contributed by atoms with E-state index in [1.165, 1.54) is 35.7 Å². The standard InChI is InChI=1S/C11H9N5O4/c17-16(18)10-1-8(3-14-15-5-12-13-6-15)11-9(2-10)4-19-7-20-11/h1-3,5-6H,4,7H2. The number of nitro benzene ring substituents is 1. The van der Waals surface area contributed by atoms with Gasteiger partial charge in [0.05, 0.1) is 17.7 Å². The Bertz CT molecular complexity index is 668. The number of rotatable bonds is 3. The Kier molecular flexibility index (Phi) is 3.09. The second-order valence-corrected chi connectivity index (χ2v) is 3.98. The quantitative estimate of drug-likeness (QED) is 0.469. The van der Waals surface area contributed by atoms with Crippen LogP contribution in [0.15, 0.2) is 29.9 Å². The van der Waals surface area contributed by atoms with E-state index >= 15 is 0 Å². The van der Waals surface area contributed by atoms with Crippen LogP contribution < -0.4 is 4.74 Å². The molecule has 0 saturated heterocycles. The number of aromatic nitrogens is 3. The lowest BCUT2D eigenvalue weighted by Gasteiger charge is -2.19. The minimum Gasteiger partial charge on any atom is -0.466 e. The molecule has 1 aromatic heterocycles. The molecule has 0 amide bonds. The second kappa shape index (κ2) is 5.05. The third-order valence-corrected chi connectivity index (χ3v) is 2.67. The summed E-state index contributed by atoms with van der Waals surface area (Å²) >= 11 is 0. The molecular formula is C11H9N5O4. The number of benzene rings is 1. The summed E-state index contributed by atoms with van der Waals surface area (Å²) in [5.41, 5.74) is 1.09. The lowest BCUT2D eigenvalue weighted by Crippen LogP contribution is -2.13. The summed E-state index contributed by atoms with van der Waals surface area (Å²) in [5.74, 6) is 0.540. The van der Waals surface area contributed by atoms with Crippen LogP contribution in [0.5, 0.6) is 5.75 Å². The van der Waals surface area contributed by atoms with Crippen molar-refractivity contribution in [3.05, 3.63) is 46.0 Å². The lowest BCUT2D eigenvalue weighted by atomic mass is 10.1. The maximum Gasteiger partial charge on any atom is 0.270 e. The summed E-state index contributed by atoms with van der Waals surface area (Å²) < 4.78 is 11.9. The van der Waals surface area contributed by atoms with Crippen LogP contribution in [0.3, 0.4) is 0 Å². The molecule has 0 saturated carbocycles. The summed E-state index contributed by atoms with van der Waals surface area (Å²) in [6.07, 6.45) is 4.27. The highest BCUT2D eigenvalue weighted by Gasteiger charge is 2.20. The van der Waals surface area contributed by atoms with Crippen molar-refractivity contribution in [3.8, 4) is 5.75 Å². The van der Waals surface area contributed by atoms with Crippen molar-refractivity contribution < 1.29 is 14.4 Å². The van der Waals surface area contributed by atoms with E-state index in [1.54, 1.807) is 0 Å². The van der Waals surface area contributed by atoms with E-state index in [2.05, 4.69) is 15.3 Å². The normalized spacial score (nSPS) is 14.0. The Morgan fingerprint density at radius 1 is 1.40 bits per heavy atom. The minimum atomic E-state index is -0.467. The van der Waals surface area contributed by atoms with Gasteiger partial charge in [0.1, 0.15) is 18.4 Å². The third-order valence-electron chi connectivity index (χ3n) is 2.67. The number of ether oxygens (including phenoxy) is 2. The van der Waals surface area contributed by atoms with Gasteiger partial charge in [-0.2, -0.15) is 5.10 Å². The lowest BCUT2D eigenvalue weighted by molar-refractivity contribution is -0.385. The van der Waals surface area contributed by atoms with Crippen LogP contribution >= 0.6 is 0 Å². The molecule has 0 radical (unpaired) electrons. The Morgan fingerprint density at radius 3 is 2.95 bits per heavy atom. The van der Waals surface area contributed by atoms with Gasteiger partial charge < -0.3 is 9.47 Å². The molecule has 1 aromatic carbocycles. The van der Waals surface area contributed by atoms with E-state index < -0.39 is 4.92 Å². The van der Waals surface area contributed by atoms with Gasteiger partial charge >= 0.3 is 0 Å². The van der Waals surface area contributed by atoms with E-state index in [4.69, 9.17) is 9.47 Å². The van der Waals surface area contributed by atoms with Crippen LogP contribution in [0.4, 0.5) is 5.69 Å². The van der Waals surface area contributed by atoms with Crippen LogP contribution in [-0.2, 0) is 11.3 Å². The Balaban J connectivity index is 2.03. The SMILES string of the molecule is O=[N+]([O-])c1cc(C=Nn2cnnc2)c2c(c1)COCO2. The Labute approximate surface area is 112 Å². The number of hydrogen-bond acceptors (Lipinski definition) is 7. The number of fused-ring (bicyclic) bond motifs is 1. The average Bonchev–Trinajstić information content (AvgIpc) is 2.97. The molecule has 0 spiro atoms. The molecule has 102 valence electrons. The fourth-order valence-electron chi connectivity index (χ4n) is 1.82. The number of non-ortho nitro benzene ring substituents is 1. The zero-order valence-corrected chi connectivity index (χ0v) is 10.2. The summed E-state index contributed by atoms with van der Waals surface area (Å²) in [5, 5.41) is 22.2. The molecule has 3 rings (SSSR count). The van der Waals surface area contributed by atoms with Crippen molar-refractivity contribution in [2.24, 2.45) is 5.10 Å². The van der Waals surface area contributed by atoms with E-state index in [0.29, 0.717) is 16.9 Å². The van der Waals surface area contributed by atoms with Gasteiger partial charge in [0.15, 0.2) is 6.79 Å². The van der Waals surface area contributed by atoms with Crippen LogP contribution in [0.25, 0.3) is 0 Å². The van der Waals surface area contributed by atoms with E-state index in [0.717, 1.165) is 0 Å². The predicted molar refractivity (Wildman–Crippen MR) is 66.4 cm³/mol. The first kappa shape index (κ1) is 12.2. The average molecular weight is 275 g/mol. The summed E-state index contributed by atoms with van der Waals surface area (Å²) in [6.45, 7) is 0.378. The molecule has 20 heavy (non-hydrogen) atoms. The maximum atomic E-state index is 10.9. The van der Waals surface area contributed by atoms with Gasteiger partial charge in [-0.15, -0.1) is 10.2 Å². The zero-order chi connectivity index (χ0) is 13.9. The molecule has 1 aliphatic rings. The smallest absolute Gasteiger partial charge is 0.270 e. The molecule has 2 aromatic rings. The molecular weight excluding hydrogens is 266 g/mol. The first-order valence-electron chi connectivity index (χ1n) is 5.65. The molecule has 0 atom stereocenters. The molecule has 0 fully saturated rings. The third kappa shape index (κ3) is 2.34. The summed E-state index contributed by atoms with van der Waals surface area (Å²) in [6, 6.07) is 2.84. The monoisotopic (exact) mass is 275 g/mol. The zero-order valence-electron chi connectivity index (χ0n) is 10.2. The highest BCUT2D eigenvalue weighted by atomic mass is 16.7. The van der Waals surface area contributed by atoms with Crippen molar-refractivity contribution in [1.29, 1.82) is 0 Å². The Hall–Kier alpha value is -2.81. The maximum absolute atomic E-state index is 10.9. The largest absolute Gasteiger partial charge is 0.466 e. The van der Waals surface area contributed by atoms with Crippen molar-refractivity contribution in [2.75, 3.05) is 6.79 Å². The molecule has 1 aliphatic heterocycles. The predicted octanol–water partition coefficient (Wildman–Crippen LogP) is 0.935.